The molecule has 2 nitrogen and oxygen atoms in total. The van der Waals surface area contributed by atoms with Crippen molar-refractivity contribution in [3.63, 3.8) is 0 Å². The number of halogens is 1. The van der Waals surface area contributed by atoms with E-state index in [0.717, 1.165) is 12.8 Å². The summed E-state index contributed by atoms with van der Waals surface area (Å²) < 4.78 is 13.1. The quantitative estimate of drug-likeness (QED) is 0.614. The molecule has 2 N–H and O–H groups in total. The molecule has 0 amide bonds. The van der Waals surface area contributed by atoms with Crippen LogP contribution in [-0.2, 0) is 0 Å². The van der Waals surface area contributed by atoms with Gasteiger partial charge in [0.1, 0.15) is 5.82 Å². The zero-order valence-electron chi connectivity index (χ0n) is 9.79. The van der Waals surface area contributed by atoms with Crippen molar-refractivity contribution < 1.29 is 9.18 Å². The van der Waals surface area contributed by atoms with E-state index in [-0.39, 0.29) is 11.5 Å². The van der Waals surface area contributed by atoms with Gasteiger partial charge in [-0.2, -0.15) is 0 Å². The van der Waals surface area contributed by atoms with E-state index >= 15 is 0 Å². The van der Waals surface area contributed by atoms with Crippen LogP contribution < -0.4 is 5.73 Å². The summed E-state index contributed by atoms with van der Waals surface area (Å²) in [6.07, 6.45) is 2.48. The van der Waals surface area contributed by atoms with E-state index in [4.69, 9.17) is 5.73 Å². The molecule has 0 heterocycles. The molecule has 0 aliphatic carbocycles. The van der Waals surface area contributed by atoms with Gasteiger partial charge in [0.25, 0.3) is 0 Å². The third kappa shape index (κ3) is 3.05. The highest BCUT2D eigenvalue weighted by Gasteiger charge is 2.15. The van der Waals surface area contributed by atoms with Gasteiger partial charge in [-0.15, -0.1) is 0 Å². The van der Waals surface area contributed by atoms with Gasteiger partial charge in [0.2, 0.25) is 0 Å². The van der Waals surface area contributed by atoms with Crippen molar-refractivity contribution in [3.8, 4) is 0 Å². The van der Waals surface area contributed by atoms with Crippen LogP contribution in [0.5, 0.6) is 0 Å². The molecule has 0 aliphatic rings. The molecular formula is C13H18FNO. The van der Waals surface area contributed by atoms with Crippen molar-refractivity contribution in [2.45, 2.75) is 33.1 Å². The van der Waals surface area contributed by atoms with Crippen LogP contribution in [-0.4, -0.2) is 5.78 Å². The molecule has 0 saturated heterocycles. The number of rotatable bonds is 5. The molecule has 0 aliphatic heterocycles. The average molecular weight is 223 g/mol. The number of hydrogen-bond acceptors (Lipinski definition) is 2. The maximum Gasteiger partial charge on any atom is 0.165 e. The number of carbonyl (C=O) groups is 1. The molecule has 1 atom stereocenters. The fraction of sp³-hybridized carbons (Fsp3) is 0.462. The summed E-state index contributed by atoms with van der Waals surface area (Å²) in [4.78, 5) is 11.9. The first-order chi connectivity index (χ1) is 7.56. The van der Waals surface area contributed by atoms with Crippen LogP contribution in [0.1, 0.15) is 43.5 Å². The minimum Gasteiger partial charge on any atom is -0.396 e. The molecule has 1 aromatic carbocycles. The van der Waals surface area contributed by atoms with Crippen molar-refractivity contribution in [1.29, 1.82) is 0 Å². The van der Waals surface area contributed by atoms with Crippen LogP contribution in [0.15, 0.2) is 18.2 Å². The molecule has 0 radical (unpaired) electrons. The van der Waals surface area contributed by atoms with Crippen molar-refractivity contribution in [2.75, 3.05) is 5.73 Å². The Kier molecular flexibility index (Phi) is 4.47. The molecule has 0 fully saturated rings. The van der Waals surface area contributed by atoms with E-state index in [2.05, 4.69) is 6.92 Å². The summed E-state index contributed by atoms with van der Waals surface area (Å²) in [7, 11) is 0. The number of para-hydroxylation sites is 1. The van der Waals surface area contributed by atoms with E-state index in [1.54, 1.807) is 6.07 Å². The van der Waals surface area contributed by atoms with E-state index in [1.165, 1.54) is 12.1 Å². The topological polar surface area (TPSA) is 43.1 Å². The smallest absolute Gasteiger partial charge is 0.165 e. The molecular weight excluding hydrogens is 205 g/mol. The Morgan fingerprint density at radius 2 is 2.19 bits per heavy atom. The van der Waals surface area contributed by atoms with E-state index < -0.39 is 5.82 Å². The predicted octanol–water partition coefficient (Wildman–Crippen LogP) is 3.42. The molecule has 16 heavy (non-hydrogen) atoms. The molecule has 3 heteroatoms. The highest BCUT2D eigenvalue weighted by atomic mass is 19.1. The Hall–Kier alpha value is -1.38. The maximum atomic E-state index is 13.1. The number of ketones is 1. The van der Waals surface area contributed by atoms with Gasteiger partial charge in [-0.05, 0) is 18.1 Å². The van der Waals surface area contributed by atoms with Gasteiger partial charge in [0.05, 0.1) is 5.69 Å². The van der Waals surface area contributed by atoms with Crippen LogP contribution in [0.2, 0.25) is 0 Å². The Balaban J connectivity index is 2.77. The summed E-state index contributed by atoms with van der Waals surface area (Å²) >= 11 is 0. The lowest BCUT2D eigenvalue weighted by Crippen LogP contribution is -2.09. The SMILES string of the molecule is CCCC(C)CC(=O)c1cccc(F)c1N. The van der Waals surface area contributed by atoms with Gasteiger partial charge < -0.3 is 5.73 Å². The first-order valence-electron chi connectivity index (χ1n) is 5.63. The lowest BCUT2D eigenvalue weighted by molar-refractivity contribution is 0.0963. The Bertz CT molecular complexity index is 376. The van der Waals surface area contributed by atoms with E-state index in [9.17, 15) is 9.18 Å². The number of anilines is 1. The molecule has 0 spiro atoms. The lowest BCUT2D eigenvalue weighted by Gasteiger charge is -2.10. The van der Waals surface area contributed by atoms with Crippen LogP contribution in [0.3, 0.4) is 0 Å². The molecule has 0 saturated carbocycles. The fourth-order valence-corrected chi connectivity index (χ4v) is 1.80. The van der Waals surface area contributed by atoms with Crippen LogP contribution >= 0.6 is 0 Å². The summed E-state index contributed by atoms with van der Waals surface area (Å²) in [5, 5.41) is 0. The number of nitrogen functional groups attached to an aromatic ring is 1. The van der Waals surface area contributed by atoms with E-state index in [1.807, 2.05) is 6.92 Å². The number of carbonyl (C=O) groups excluding carboxylic acids is 1. The third-order valence-electron chi connectivity index (χ3n) is 2.67. The average Bonchev–Trinajstić information content (AvgIpc) is 2.22. The second-order valence-electron chi connectivity index (χ2n) is 4.22. The summed E-state index contributed by atoms with van der Waals surface area (Å²) in [6.45, 7) is 4.11. The molecule has 1 unspecified atom stereocenters. The summed E-state index contributed by atoms with van der Waals surface area (Å²) in [5.41, 5.74) is 5.81. The minimum absolute atomic E-state index is 0.0313. The summed E-state index contributed by atoms with van der Waals surface area (Å²) in [6, 6.07) is 4.37. The van der Waals surface area contributed by atoms with E-state index in [0.29, 0.717) is 17.9 Å². The highest BCUT2D eigenvalue weighted by molar-refractivity contribution is 6.00. The maximum absolute atomic E-state index is 13.1. The van der Waals surface area contributed by atoms with Crippen molar-refractivity contribution in [3.05, 3.63) is 29.6 Å². The van der Waals surface area contributed by atoms with Crippen LogP contribution in [0, 0.1) is 11.7 Å². The van der Waals surface area contributed by atoms with Gasteiger partial charge in [-0.25, -0.2) is 4.39 Å². The molecule has 0 aromatic heterocycles. The van der Waals surface area contributed by atoms with Crippen molar-refractivity contribution in [1.82, 2.24) is 0 Å². The predicted molar refractivity (Wildman–Crippen MR) is 63.8 cm³/mol. The van der Waals surface area contributed by atoms with Gasteiger partial charge in [-0.3, -0.25) is 4.79 Å². The fourth-order valence-electron chi connectivity index (χ4n) is 1.80. The standard InChI is InChI=1S/C13H18FNO/c1-3-5-9(2)8-12(16)10-6-4-7-11(14)13(10)15/h4,6-7,9H,3,5,8,15H2,1-2H3. The zero-order chi connectivity index (χ0) is 12.1. The molecule has 88 valence electrons. The first kappa shape index (κ1) is 12.7. The number of benzene rings is 1. The number of Topliss-reactive ketones (excluding diaryl/α,β-unsaturated/α-hetero) is 1. The third-order valence-corrected chi connectivity index (χ3v) is 2.67. The number of nitrogens with two attached hydrogens (primary N) is 1. The molecule has 1 rings (SSSR count). The molecule has 1 aromatic rings. The van der Waals surface area contributed by atoms with Crippen LogP contribution in [0.4, 0.5) is 10.1 Å². The number of hydrogen-bond donors (Lipinski definition) is 1. The van der Waals surface area contributed by atoms with Gasteiger partial charge in [-0.1, -0.05) is 32.8 Å². The largest absolute Gasteiger partial charge is 0.396 e. The van der Waals surface area contributed by atoms with Crippen molar-refractivity contribution in [2.24, 2.45) is 5.92 Å². The highest BCUT2D eigenvalue weighted by Crippen LogP contribution is 2.20. The summed E-state index contributed by atoms with van der Waals surface area (Å²) in [5.74, 6) is -0.271. The van der Waals surface area contributed by atoms with Gasteiger partial charge in [0, 0.05) is 12.0 Å². The Labute approximate surface area is 95.7 Å². The zero-order valence-corrected chi connectivity index (χ0v) is 9.79. The normalized spacial score (nSPS) is 12.4. The minimum atomic E-state index is -0.519. The lowest BCUT2D eigenvalue weighted by atomic mass is 9.95. The Morgan fingerprint density at radius 1 is 1.50 bits per heavy atom. The molecule has 0 bridgehead atoms. The monoisotopic (exact) mass is 223 g/mol. The first-order valence-corrected chi connectivity index (χ1v) is 5.63. The van der Waals surface area contributed by atoms with Crippen molar-refractivity contribution >= 4 is 11.5 Å². The second kappa shape index (κ2) is 5.64. The second-order valence-corrected chi connectivity index (χ2v) is 4.22. The van der Waals surface area contributed by atoms with Gasteiger partial charge >= 0.3 is 0 Å². The Morgan fingerprint density at radius 3 is 2.81 bits per heavy atom. The van der Waals surface area contributed by atoms with Gasteiger partial charge in [0.15, 0.2) is 5.78 Å². The van der Waals surface area contributed by atoms with Crippen LogP contribution in [0.25, 0.3) is 0 Å².